The molecule has 2 fully saturated rings. The number of hydrogen-bond acceptors (Lipinski definition) is 9. The van der Waals surface area contributed by atoms with Crippen LogP contribution in [0.4, 0.5) is 0 Å². The molecular weight excluding hydrogens is 400 g/mol. The summed E-state index contributed by atoms with van der Waals surface area (Å²) < 4.78 is 16.2. The minimum absolute atomic E-state index is 0.0254. The zero-order valence-corrected chi connectivity index (χ0v) is 16.5. The largest absolute Gasteiger partial charge is 0.454 e. The van der Waals surface area contributed by atoms with Gasteiger partial charge in [-0.3, -0.25) is 9.78 Å². The van der Waals surface area contributed by atoms with Gasteiger partial charge in [-0.2, -0.15) is 4.98 Å². The average molecular weight is 420 g/mol. The van der Waals surface area contributed by atoms with Crippen LogP contribution in [0.15, 0.2) is 47.1 Å². The minimum Gasteiger partial charge on any atom is -0.454 e. The summed E-state index contributed by atoms with van der Waals surface area (Å²) in [5, 5.41) is 4.01. The number of carbonyl (C=O) groups is 1. The fourth-order valence-electron chi connectivity index (χ4n) is 4.10. The Labute approximate surface area is 177 Å². The van der Waals surface area contributed by atoms with E-state index in [1.807, 2.05) is 41.3 Å². The number of aromatic nitrogens is 3. The number of carbonyl (C=O) groups excluding carboxylic acids is 1. The predicted octanol–water partition coefficient (Wildman–Crippen LogP) is 1.39. The average Bonchev–Trinajstić information content (AvgIpc) is 3.52. The van der Waals surface area contributed by atoms with Gasteiger partial charge in [-0.05, 0) is 36.2 Å². The molecule has 10 heteroatoms. The van der Waals surface area contributed by atoms with Crippen molar-refractivity contribution in [2.75, 3.05) is 19.9 Å². The summed E-state index contributed by atoms with van der Waals surface area (Å²) in [5.74, 6) is 2.61. The Bertz CT molecular complexity index is 1110. The van der Waals surface area contributed by atoms with Crippen molar-refractivity contribution >= 4 is 5.91 Å². The van der Waals surface area contributed by atoms with Gasteiger partial charge in [0.15, 0.2) is 11.5 Å². The molecule has 10 nitrogen and oxygen atoms in total. The van der Waals surface area contributed by atoms with Gasteiger partial charge >= 0.3 is 0 Å². The summed E-state index contributed by atoms with van der Waals surface area (Å²) in [5.41, 5.74) is 8.07. The standard InChI is InChI=1S/C21H20N6O4/c28-21(16-8-15(24-25-16)12-4-5-17-18(7-12)30-11-29-17)27-9-13(10-27)20-23-19(26-31-20)14-3-1-2-6-22-14/h1-7,13,15-16,24-25H,8-11H2. The van der Waals surface area contributed by atoms with E-state index in [2.05, 4.69) is 26.0 Å². The number of pyridine rings is 1. The molecule has 3 aliphatic heterocycles. The number of fused-ring (bicyclic) bond motifs is 1. The number of nitrogens with one attached hydrogen (secondary N) is 2. The predicted molar refractivity (Wildman–Crippen MR) is 107 cm³/mol. The topological polar surface area (TPSA) is 115 Å². The molecule has 1 aromatic carbocycles. The second-order valence-electron chi connectivity index (χ2n) is 7.85. The van der Waals surface area contributed by atoms with Gasteiger partial charge in [-0.15, -0.1) is 0 Å². The summed E-state index contributed by atoms with van der Waals surface area (Å²) in [4.78, 5) is 23.4. The van der Waals surface area contributed by atoms with E-state index in [1.54, 1.807) is 6.20 Å². The van der Waals surface area contributed by atoms with Crippen LogP contribution in [-0.4, -0.2) is 51.9 Å². The summed E-state index contributed by atoms with van der Waals surface area (Å²) in [7, 11) is 0. The molecule has 0 spiro atoms. The first-order valence-electron chi connectivity index (χ1n) is 10.2. The number of hydrogen-bond donors (Lipinski definition) is 2. The maximum atomic E-state index is 12.9. The number of likely N-dealkylation sites (tertiary alicyclic amines) is 1. The minimum atomic E-state index is -0.289. The van der Waals surface area contributed by atoms with E-state index in [0.29, 0.717) is 36.9 Å². The van der Waals surface area contributed by atoms with Crippen LogP contribution in [0.2, 0.25) is 0 Å². The second-order valence-corrected chi connectivity index (χ2v) is 7.85. The molecule has 6 rings (SSSR count). The number of nitrogens with zero attached hydrogens (tertiary/aromatic N) is 4. The van der Waals surface area contributed by atoms with Crippen LogP contribution in [-0.2, 0) is 4.79 Å². The van der Waals surface area contributed by atoms with E-state index in [-0.39, 0.29) is 30.7 Å². The Morgan fingerprint density at radius 2 is 2.00 bits per heavy atom. The smallest absolute Gasteiger partial charge is 0.241 e. The van der Waals surface area contributed by atoms with Crippen molar-refractivity contribution in [3.8, 4) is 23.0 Å². The maximum absolute atomic E-state index is 12.9. The SMILES string of the molecule is O=C(C1CC(c2ccc3c(c2)OCO3)NN1)N1CC(c2nc(-c3ccccn3)no2)C1. The summed E-state index contributed by atoms with van der Waals surface area (Å²) >= 11 is 0. The number of ether oxygens (including phenoxy) is 2. The van der Waals surface area contributed by atoms with E-state index in [0.717, 1.165) is 17.1 Å². The Balaban J connectivity index is 1.06. The zero-order valence-electron chi connectivity index (χ0n) is 16.5. The molecule has 2 atom stereocenters. The third-order valence-corrected chi connectivity index (χ3v) is 5.88. The van der Waals surface area contributed by atoms with Gasteiger partial charge in [0.1, 0.15) is 11.7 Å². The van der Waals surface area contributed by atoms with Gasteiger partial charge in [-0.1, -0.05) is 17.3 Å². The van der Waals surface area contributed by atoms with Gasteiger partial charge < -0.3 is 18.9 Å². The summed E-state index contributed by atoms with van der Waals surface area (Å²) in [6.07, 6.45) is 2.35. The first-order valence-corrected chi connectivity index (χ1v) is 10.2. The highest BCUT2D eigenvalue weighted by atomic mass is 16.7. The summed E-state index contributed by atoms with van der Waals surface area (Å²) in [6.45, 7) is 1.38. The lowest BCUT2D eigenvalue weighted by atomic mass is 9.96. The van der Waals surface area contributed by atoms with Crippen molar-refractivity contribution in [2.45, 2.75) is 24.4 Å². The molecule has 3 aliphatic rings. The molecule has 3 aromatic rings. The van der Waals surface area contributed by atoms with Crippen LogP contribution in [0.25, 0.3) is 11.5 Å². The van der Waals surface area contributed by atoms with E-state index in [1.165, 1.54) is 0 Å². The number of hydrazine groups is 1. The molecule has 2 N–H and O–H groups in total. The molecule has 0 aliphatic carbocycles. The quantitative estimate of drug-likeness (QED) is 0.646. The van der Waals surface area contributed by atoms with Crippen molar-refractivity contribution in [3.05, 3.63) is 54.0 Å². The molecule has 1 amide bonds. The molecule has 0 saturated carbocycles. The fraction of sp³-hybridized carbons (Fsp3) is 0.333. The van der Waals surface area contributed by atoms with Crippen LogP contribution in [0.3, 0.4) is 0 Å². The van der Waals surface area contributed by atoms with Gasteiger partial charge in [0, 0.05) is 25.3 Å². The molecule has 2 aromatic heterocycles. The van der Waals surface area contributed by atoms with Gasteiger partial charge in [0.25, 0.3) is 0 Å². The first-order chi connectivity index (χ1) is 15.2. The zero-order chi connectivity index (χ0) is 20.8. The molecule has 0 radical (unpaired) electrons. The molecule has 0 bridgehead atoms. The Kier molecular flexibility index (Phi) is 4.32. The Hall–Kier alpha value is -3.50. The van der Waals surface area contributed by atoms with Gasteiger partial charge in [-0.25, -0.2) is 10.9 Å². The van der Waals surface area contributed by atoms with E-state index in [4.69, 9.17) is 14.0 Å². The number of rotatable bonds is 4. The molecule has 2 unspecified atom stereocenters. The fourth-order valence-corrected chi connectivity index (χ4v) is 4.10. The monoisotopic (exact) mass is 420 g/mol. The highest BCUT2D eigenvalue weighted by Gasteiger charge is 2.41. The van der Waals surface area contributed by atoms with Crippen LogP contribution in [0.1, 0.15) is 29.8 Å². The highest BCUT2D eigenvalue weighted by Crippen LogP contribution is 2.36. The normalized spacial score (nSPS) is 22.5. The molecule has 5 heterocycles. The van der Waals surface area contributed by atoms with Crippen molar-refractivity contribution < 1.29 is 18.8 Å². The second kappa shape index (κ2) is 7.33. The van der Waals surface area contributed by atoms with E-state index in [9.17, 15) is 4.79 Å². The molecule has 2 saturated heterocycles. The van der Waals surface area contributed by atoms with Crippen molar-refractivity contribution in [2.24, 2.45) is 0 Å². The van der Waals surface area contributed by atoms with Crippen molar-refractivity contribution in [3.63, 3.8) is 0 Å². The summed E-state index contributed by atoms with van der Waals surface area (Å²) in [6, 6.07) is 11.1. The lowest BCUT2D eigenvalue weighted by Gasteiger charge is -2.38. The lowest BCUT2D eigenvalue weighted by molar-refractivity contribution is -0.138. The third-order valence-electron chi connectivity index (χ3n) is 5.88. The Morgan fingerprint density at radius 3 is 2.87 bits per heavy atom. The maximum Gasteiger partial charge on any atom is 0.241 e. The first kappa shape index (κ1) is 18.3. The van der Waals surface area contributed by atoms with Gasteiger partial charge in [0.2, 0.25) is 24.4 Å². The van der Waals surface area contributed by atoms with Crippen molar-refractivity contribution in [1.29, 1.82) is 0 Å². The van der Waals surface area contributed by atoms with E-state index >= 15 is 0 Å². The van der Waals surface area contributed by atoms with Gasteiger partial charge in [0.05, 0.1) is 5.92 Å². The van der Waals surface area contributed by atoms with Crippen LogP contribution in [0, 0.1) is 0 Å². The molecule has 158 valence electrons. The highest BCUT2D eigenvalue weighted by molar-refractivity contribution is 5.83. The van der Waals surface area contributed by atoms with E-state index < -0.39 is 0 Å². The molecule has 31 heavy (non-hydrogen) atoms. The third kappa shape index (κ3) is 3.29. The van der Waals surface area contributed by atoms with Crippen molar-refractivity contribution in [1.82, 2.24) is 30.9 Å². The Morgan fingerprint density at radius 1 is 1.10 bits per heavy atom. The van der Waals surface area contributed by atoms with Crippen LogP contribution >= 0.6 is 0 Å². The van der Waals surface area contributed by atoms with Crippen LogP contribution in [0.5, 0.6) is 11.5 Å². The number of amides is 1. The van der Waals surface area contributed by atoms with Crippen LogP contribution < -0.4 is 20.3 Å². The lowest BCUT2D eigenvalue weighted by Crippen LogP contribution is -2.54. The molecular formula is C21H20N6O4. The number of benzene rings is 1.